The van der Waals surface area contributed by atoms with Gasteiger partial charge in [-0.2, -0.15) is 9.78 Å². The summed E-state index contributed by atoms with van der Waals surface area (Å²) >= 11 is 6.37. The van der Waals surface area contributed by atoms with Crippen molar-refractivity contribution in [3.8, 4) is 5.82 Å². The van der Waals surface area contributed by atoms with E-state index in [1.807, 2.05) is 74.4 Å². The molecule has 3 aromatic heterocycles. The molecule has 0 spiro atoms. The molecule has 158 valence electrons. The predicted octanol–water partition coefficient (Wildman–Crippen LogP) is 3.81. The molecule has 0 unspecified atom stereocenters. The van der Waals surface area contributed by atoms with Crippen LogP contribution in [-0.4, -0.2) is 51.2 Å². The average Bonchev–Trinajstić information content (AvgIpc) is 3.11. The van der Waals surface area contributed by atoms with Crippen LogP contribution in [0.15, 0.2) is 60.9 Å². The van der Waals surface area contributed by atoms with Gasteiger partial charge in [0.1, 0.15) is 0 Å². The van der Waals surface area contributed by atoms with Crippen LogP contribution >= 0.6 is 11.6 Å². The number of amides is 1. The number of benzene rings is 1. The first-order valence-corrected chi connectivity index (χ1v) is 10.3. The van der Waals surface area contributed by atoms with Gasteiger partial charge in [-0.1, -0.05) is 35.9 Å². The highest BCUT2D eigenvalue weighted by Crippen LogP contribution is 2.26. The lowest BCUT2D eigenvalue weighted by molar-refractivity contribution is 0.0941. The van der Waals surface area contributed by atoms with Gasteiger partial charge in [0.15, 0.2) is 11.5 Å². The van der Waals surface area contributed by atoms with E-state index < -0.39 is 0 Å². The van der Waals surface area contributed by atoms with Crippen molar-refractivity contribution < 1.29 is 4.79 Å². The van der Waals surface area contributed by atoms with Gasteiger partial charge in [0.25, 0.3) is 5.91 Å². The van der Waals surface area contributed by atoms with E-state index in [4.69, 9.17) is 11.6 Å². The molecule has 0 aliphatic heterocycles. The SMILES string of the molecule is Cc1nn(-c2ccccn2)c2ncc(C(=O)NC[C@H](c3ccccc3Cl)N(C)C)cc12. The van der Waals surface area contributed by atoms with Crippen LogP contribution in [0, 0.1) is 6.92 Å². The topological polar surface area (TPSA) is 75.9 Å². The summed E-state index contributed by atoms with van der Waals surface area (Å²) in [6.45, 7) is 2.31. The van der Waals surface area contributed by atoms with Crippen LogP contribution in [0.2, 0.25) is 5.02 Å². The van der Waals surface area contributed by atoms with Gasteiger partial charge in [-0.05, 0) is 50.8 Å². The minimum atomic E-state index is -0.196. The first-order valence-electron chi connectivity index (χ1n) is 9.91. The number of likely N-dealkylation sites (N-methyl/N-ethyl adjacent to an activating group) is 1. The van der Waals surface area contributed by atoms with E-state index in [0.717, 1.165) is 16.6 Å². The zero-order valence-corrected chi connectivity index (χ0v) is 18.3. The molecule has 1 amide bonds. The molecule has 0 saturated carbocycles. The number of nitrogens with one attached hydrogen (secondary N) is 1. The molecule has 3 heterocycles. The van der Waals surface area contributed by atoms with E-state index >= 15 is 0 Å². The van der Waals surface area contributed by atoms with Crippen molar-refractivity contribution in [2.75, 3.05) is 20.6 Å². The van der Waals surface area contributed by atoms with Gasteiger partial charge in [0.05, 0.1) is 17.3 Å². The quantitative estimate of drug-likeness (QED) is 0.499. The number of aryl methyl sites for hydroxylation is 1. The van der Waals surface area contributed by atoms with Crippen molar-refractivity contribution in [2.45, 2.75) is 13.0 Å². The number of hydrogen-bond acceptors (Lipinski definition) is 5. The largest absolute Gasteiger partial charge is 0.350 e. The summed E-state index contributed by atoms with van der Waals surface area (Å²) in [6, 6.07) is 15.0. The van der Waals surface area contributed by atoms with Crippen LogP contribution in [-0.2, 0) is 0 Å². The molecule has 1 N–H and O–H groups in total. The second-order valence-electron chi connectivity index (χ2n) is 7.49. The zero-order valence-electron chi connectivity index (χ0n) is 17.6. The van der Waals surface area contributed by atoms with Gasteiger partial charge in [0.2, 0.25) is 0 Å². The maximum absolute atomic E-state index is 12.9. The van der Waals surface area contributed by atoms with Crippen LogP contribution in [0.25, 0.3) is 16.9 Å². The van der Waals surface area contributed by atoms with E-state index in [0.29, 0.717) is 28.6 Å². The van der Waals surface area contributed by atoms with Crippen molar-refractivity contribution >= 4 is 28.5 Å². The van der Waals surface area contributed by atoms with E-state index in [-0.39, 0.29) is 11.9 Å². The highest BCUT2D eigenvalue weighted by atomic mass is 35.5. The minimum absolute atomic E-state index is 0.0528. The number of carbonyl (C=O) groups excluding carboxylic acids is 1. The van der Waals surface area contributed by atoms with Crippen LogP contribution in [0.4, 0.5) is 0 Å². The monoisotopic (exact) mass is 434 g/mol. The third kappa shape index (κ3) is 4.28. The third-order valence-corrected chi connectivity index (χ3v) is 5.52. The molecule has 1 aromatic carbocycles. The first kappa shape index (κ1) is 21.0. The van der Waals surface area contributed by atoms with Crippen molar-refractivity contribution in [3.63, 3.8) is 0 Å². The lowest BCUT2D eigenvalue weighted by atomic mass is 10.1. The molecule has 0 radical (unpaired) electrons. The maximum atomic E-state index is 12.9. The fourth-order valence-electron chi connectivity index (χ4n) is 3.51. The predicted molar refractivity (Wildman–Crippen MR) is 122 cm³/mol. The zero-order chi connectivity index (χ0) is 22.0. The molecular formula is C23H23ClN6O. The molecular weight excluding hydrogens is 412 g/mol. The van der Waals surface area contributed by atoms with Crippen molar-refractivity contribution in [1.82, 2.24) is 30.0 Å². The molecule has 8 heteroatoms. The normalized spacial score (nSPS) is 12.3. The lowest BCUT2D eigenvalue weighted by Gasteiger charge is -2.26. The summed E-state index contributed by atoms with van der Waals surface area (Å²) in [4.78, 5) is 23.7. The van der Waals surface area contributed by atoms with Crippen molar-refractivity contribution in [3.05, 3.63) is 82.8 Å². The third-order valence-electron chi connectivity index (χ3n) is 5.18. The fraction of sp³-hybridized carbons (Fsp3) is 0.217. The summed E-state index contributed by atoms with van der Waals surface area (Å²) in [7, 11) is 3.92. The van der Waals surface area contributed by atoms with Crippen LogP contribution in [0.3, 0.4) is 0 Å². The Morgan fingerprint density at radius 2 is 1.94 bits per heavy atom. The minimum Gasteiger partial charge on any atom is -0.350 e. The van der Waals surface area contributed by atoms with Gasteiger partial charge in [-0.25, -0.2) is 9.97 Å². The number of fused-ring (bicyclic) bond motifs is 1. The smallest absolute Gasteiger partial charge is 0.252 e. The Morgan fingerprint density at radius 1 is 1.16 bits per heavy atom. The summed E-state index contributed by atoms with van der Waals surface area (Å²) in [6.07, 6.45) is 3.28. The van der Waals surface area contributed by atoms with Crippen LogP contribution < -0.4 is 5.32 Å². The highest BCUT2D eigenvalue weighted by molar-refractivity contribution is 6.31. The van der Waals surface area contributed by atoms with E-state index in [1.165, 1.54) is 0 Å². The molecule has 0 bridgehead atoms. The maximum Gasteiger partial charge on any atom is 0.252 e. The second-order valence-corrected chi connectivity index (χ2v) is 7.90. The molecule has 0 aliphatic rings. The summed E-state index contributed by atoms with van der Waals surface area (Å²) in [5, 5.41) is 9.05. The number of aromatic nitrogens is 4. The molecule has 4 rings (SSSR count). The number of carbonyl (C=O) groups is 1. The number of halogens is 1. The molecule has 31 heavy (non-hydrogen) atoms. The van der Waals surface area contributed by atoms with Crippen molar-refractivity contribution in [1.29, 1.82) is 0 Å². The van der Waals surface area contributed by atoms with Gasteiger partial charge in [-0.3, -0.25) is 4.79 Å². The molecule has 0 saturated heterocycles. The lowest BCUT2D eigenvalue weighted by Crippen LogP contribution is -2.34. The first-order chi connectivity index (χ1) is 15.0. The Bertz CT molecular complexity index is 1220. The average molecular weight is 435 g/mol. The molecule has 7 nitrogen and oxygen atoms in total. The van der Waals surface area contributed by atoms with Gasteiger partial charge >= 0.3 is 0 Å². The Morgan fingerprint density at radius 3 is 2.65 bits per heavy atom. The van der Waals surface area contributed by atoms with Gasteiger partial charge in [-0.15, -0.1) is 0 Å². The van der Waals surface area contributed by atoms with Crippen molar-refractivity contribution in [2.24, 2.45) is 0 Å². The van der Waals surface area contributed by atoms with Crippen LogP contribution in [0.1, 0.15) is 27.7 Å². The molecule has 4 aromatic rings. The number of pyridine rings is 2. The Balaban J connectivity index is 1.57. The fourth-order valence-corrected chi connectivity index (χ4v) is 3.78. The number of rotatable bonds is 6. The van der Waals surface area contributed by atoms with E-state index in [2.05, 4.69) is 20.4 Å². The van der Waals surface area contributed by atoms with Crippen LogP contribution in [0.5, 0.6) is 0 Å². The summed E-state index contributed by atoms with van der Waals surface area (Å²) < 4.78 is 1.69. The van der Waals surface area contributed by atoms with Gasteiger partial charge < -0.3 is 10.2 Å². The van der Waals surface area contributed by atoms with E-state index in [1.54, 1.807) is 17.1 Å². The number of hydrogen-bond donors (Lipinski definition) is 1. The Labute approximate surface area is 185 Å². The van der Waals surface area contributed by atoms with E-state index in [9.17, 15) is 4.79 Å². The van der Waals surface area contributed by atoms with Gasteiger partial charge in [0, 0.05) is 29.3 Å². The standard InChI is InChI=1S/C23H23ClN6O/c1-15-18-12-16(13-26-22(18)30(28-15)21-10-6-7-11-25-21)23(31)27-14-20(29(2)3)17-8-4-5-9-19(17)24/h4-13,20H,14H2,1-3H3,(H,27,31)/t20-/m1/s1. The Hall–Kier alpha value is -3.29. The Kier molecular flexibility index (Phi) is 5.97. The summed E-state index contributed by atoms with van der Waals surface area (Å²) in [5.74, 6) is 0.483. The second kappa shape index (κ2) is 8.83. The summed E-state index contributed by atoms with van der Waals surface area (Å²) in [5.41, 5.74) is 2.89. The number of nitrogens with zero attached hydrogens (tertiary/aromatic N) is 5. The molecule has 0 fully saturated rings. The molecule has 1 atom stereocenters. The highest BCUT2D eigenvalue weighted by Gasteiger charge is 2.19. The molecule has 0 aliphatic carbocycles.